The number of nitrogens with zero attached hydrogens (tertiary/aromatic N) is 1. The molecule has 1 heterocycles. The Balaban J connectivity index is 1.76. The molecule has 0 bridgehead atoms. The average Bonchev–Trinajstić information content (AvgIpc) is 2.68. The van der Waals surface area contributed by atoms with Crippen LogP contribution in [0.4, 0.5) is 18.9 Å². The second-order valence-electron chi connectivity index (χ2n) is 6.69. The molecule has 1 aliphatic heterocycles. The van der Waals surface area contributed by atoms with Crippen molar-refractivity contribution in [3.8, 4) is 0 Å². The van der Waals surface area contributed by atoms with Gasteiger partial charge >= 0.3 is 6.18 Å². The smallest absolute Gasteiger partial charge is 0.325 e. The Kier molecular flexibility index (Phi) is 6.35. The zero-order chi connectivity index (χ0) is 21.2. The molecule has 0 aromatic heterocycles. The highest BCUT2D eigenvalue weighted by Crippen LogP contribution is 2.35. The summed E-state index contributed by atoms with van der Waals surface area (Å²) in [5.74, 6) is -1.37. The van der Waals surface area contributed by atoms with Crippen LogP contribution in [0.1, 0.15) is 18.4 Å². The van der Waals surface area contributed by atoms with Gasteiger partial charge in [0, 0.05) is 17.6 Å². The van der Waals surface area contributed by atoms with Crippen molar-refractivity contribution >= 4 is 37.5 Å². The van der Waals surface area contributed by atoms with E-state index in [-0.39, 0.29) is 23.7 Å². The fourth-order valence-electron chi connectivity index (χ4n) is 3.20. The van der Waals surface area contributed by atoms with Crippen molar-refractivity contribution in [1.29, 1.82) is 0 Å². The number of carbonyl (C=O) groups excluding carboxylic acids is 1. The van der Waals surface area contributed by atoms with Crippen molar-refractivity contribution in [2.75, 3.05) is 18.4 Å². The van der Waals surface area contributed by atoms with E-state index >= 15 is 0 Å². The SMILES string of the molecule is O=C(Nc1ccccc1C(F)(F)F)C1CCCN(S(=O)(=O)c2ccc(Br)cc2)C1. The first-order chi connectivity index (χ1) is 13.6. The summed E-state index contributed by atoms with van der Waals surface area (Å²) >= 11 is 3.25. The molecule has 156 valence electrons. The van der Waals surface area contributed by atoms with E-state index in [9.17, 15) is 26.4 Å². The number of anilines is 1. The molecule has 0 radical (unpaired) electrons. The number of hydrogen-bond donors (Lipinski definition) is 1. The molecule has 1 amide bonds. The Morgan fingerprint density at radius 3 is 2.41 bits per heavy atom. The fraction of sp³-hybridized carbons (Fsp3) is 0.316. The predicted octanol–water partition coefficient (Wildman–Crippen LogP) is 4.51. The van der Waals surface area contributed by atoms with Gasteiger partial charge < -0.3 is 5.32 Å². The predicted molar refractivity (Wildman–Crippen MR) is 106 cm³/mol. The monoisotopic (exact) mass is 490 g/mol. The summed E-state index contributed by atoms with van der Waals surface area (Å²) in [4.78, 5) is 12.7. The van der Waals surface area contributed by atoms with Crippen LogP contribution in [0.15, 0.2) is 57.9 Å². The van der Waals surface area contributed by atoms with E-state index in [4.69, 9.17) is 0 Å². The molecule has 1 N–H and O–H groups in total. The Labute approximate surface area is 175 Å². The van der Waals surface area contributed by atoms with Gasteiger partial charge in [0.05, 0.1) is 22.1 Å². The average molecular weight is 491 g/mol. The van der Waals surface area contributed by atoms with Crippen molar-refractivity contribution in [2.45, 2.75) is 23.9 Å². The van der Waals surface area contributed by atoms with Crippen molar-refractivity contribution in [3.05, 3.63) is 58.6 Å². The van der Waals surface area contributed by atoms with E-state index in [0.29, 0.717) is 12.8 Å². The number of sulfonamides is 1. The number of carbonyl (C=O) groups is 1. The standard InChI is InChI=1S/C19H18BrF3N2O3S/c20-14-7-9-15(10-8-14)29(27,28)25-11-3-4-13(12-25)18(26)24-17-6-2-1-5-16(17)19(21,22)23/h1-2,5-10,13H,3-4,11-12H2,(H,24,26). The van der Waals surface area contributed by atoms with Crippen molar-refractivity contribution < 1.29 is 26.4 Å². The zero-order valence-corrected chi connectivity index (χ0v) is 17.5. The first-order valence-corrected chi connectivity index (χ1v) is 11.0. The van der Waals surface area contributed by atoms with Gasteiger partial charge in [-0.15, -0.1) is 0 Å². The van der Waals surface area contributed by atoms with E-state index in [1.807, 2.05) is 0 Å². The number of piperidine rings is 1. The molecule has 0 saturated carbocycles. The summed E-state index contributed by atoms with van der Waals surface area (Å²) in [6.45, 7) is 0.166. The van der Waals surface area contributed by atoms with Crippen LogP contribution in [0.25, 0.3) is 0 Å². The second-order valence-corrected chi connectivity index (χ2v) is 9.54. The molecule has 10 heteroatoms. The summed E-state index contributed by atoms with van der Waals surface area (Å²) in [5, 5.41) is 2.32. The maximum absolute atomic E-state index is 13.1. The highest BCUT2D eigenvalue weighted by Gasteiger charge is 2.36. The van der Waals surface area contributed by atoms with Gasteiger partial charge in [-0.05, 0) is 49.2 Å². The second kappa shape index (κ2) is 8.45. The molecule has 1 fully saturated rings. The molecule has 1 atom stereocenters. The summed E-state index contributed by atoms with van der Waals surface area (Å²) in [7, 11) is -3.80. The molecule has 3 rings (SSSR count). The summed E-state index contributed by atoms with van der Waals surface area (Å²) in [6.07, 6.45) is -3.77. The van der Waals surface area contributed by atoms with Gasteiger partial charge in [-0.25, -0.2) is 8.42 Å². The topological polar surface area (TPSA) is 66.5 Å². The van der Waals surface area contributed by atoms with Gasteiger partial charge in [-0.1, -0.05) is 28.1 Å². The van der Waals surface area contributed by atoms with E-state index < -0.39 is 33.6 Å². The van der Waals surface area contributed by atoms with Crippen LogP contribution in [0.5, 0.6) is 0 Å². The molecule has 29 heavy (non-hydrogen) atoms. The van der Waals surface area contributed by atoms with Crippen LogP contribution in [0, 0.1) is 5.92 Å². The van der Waals surface area contributed by atoms with Crippen LogP contribution >= 0.6 is 15.9 Å². The Hall–Kier alpha value is -1.91. The number of para-hydroxylation sites is 1. The van der Waals surface area contributed by atoms with Crippen molar-refractivity contribution in [1.82, 2.24) is 4.31 Å². The molecule has 1 saturated heterocycles. The van der Waals surface area contributed by atoms with Crippen molar-refractivity contribution in [2.24, 2.45) is 5.92 Å². The minimum Gasteiger partial charge on any atom is -0.325 e. The molecule has 0 aliphatic carbocycles. The molecule has 2 aromatic rings. The summed E-state index contributed by atoms with van der Waals surface area (Å²) in [5.41, 5.74) is -1.28. The molecule has 0 spiro atoms. The van der Waals surface area contributed by atoms with Gasteiger partial charge in [0.25, 0.3) is 0 Å². The first kappa shape index (κ1) is 21.8. The van der Waals surface area contributed by atoms with Crippen LogP contribution in [-0.2, 0) is 21.0 Å². The van der Waals surface area contributed by atoms with Crippen LogP contribution < -0.4 is 5.32 Å². The van der Waals surface area contributed by atoms with E-state index in [1.54, 1.807) is 12.1 Å². The number of amides is 1. The third kappa shape index (κ3) is 4.99. The number of nitrogens with one attached hydrogen (secondary N) is 1. The third-order valence-corrected chi connectivity index (χ3v) is 7.10. The number of alkyl halides is 3. The maximum atomic E-state index is 13.1. The van der Waals surface area contributed by atoms with E-state index in [0.717, 1.165) is 10.5 Å². The molecular formula is C19H18BrF3N2O3S. The normalized spacial score (nSPS) is 18.4. The van der Waals surface area contributed by atoms with Crippen LogP contribution in [-0.4, -0.2) is 31.7 Å². The number of rotatable bonds is 4. The quantitative estimate of drug-likeness (QED) is 0.685. The number of hydrogen-bond acceptors (Lipinski definition) is 3. The molecular weight excluding hydrogens is 473 g/mol. The third-order valence-electron chi connectivity index (χ3n) is 4.70. The summed E-state index contributed by atoms with van der Waals surface area (Å²) < 4.78 is 67.0. The highest BCUT2D eigenvalue weighted by atomic mass is 79.9. The van der Waals surface area contributed by atoms with Gasteiger partial charge in [0.2, 0.25) is 15.9 Å². The Morgan fingerprint density at radius 2 is 1.76 bits per heavy atom. The number of halogens is 4. The fourth-order valence-corrected chi connectivity index (χ4v) is 4.99. The molecule has 1 aliphatic rings. The lowest BCUT2D eigenvalue weighted by molar-refractivity contribution is -0.137. The lowest BCUT2D eigenvalue weighted by Gasteiger charge is -2.31. The zero-order valence-electron chi connectivity index (χ0n) is 15.1. The highest BCUT2D eigenvalue weighted by molar-refractivity contribution is 9.10. The van der Waals surface area contributed by atoms with E-state index in [2.05, 4.69) is 21.2 Å². The van der Waals surface area contributed by atoms with Crippen LogP contribution in [0.2, 0.25) is 0 Å². The summed E-state index contributed by atoms with van der Waals surface area (Å²) in [6, 6.07) is 10.8. The molecule has 1 unspecified atom stereocenters. The minimum absolute atomic E-state index is 0.0849. The van der Waals surface area contributed by atoms with Crippen LogP contribution in [0.3, 0.4) is 0 Å². The lowest BCUT2D eigenvalue weighted by Crippen LogP contribution is -2.43. The largest absolute Gasteiger partial charge is 0.418 e. The molecule has 2 aromatic carbocycles. The Bertz CT molecular complexity index is 995. The number of benzene rings is 2. The maximum Gasteiger partial charge on any atom is 0.418 e. The first-order valence-electron chi connectivity index (χ1n) is 8.82. The van der Waals surface area contributed by atoms with Gasteiger partial charge in [-0.2, -0.15) is 17.5 Å². The Morgan fingerprint density at radius 1 is 1.10 bits per heavy atom. The van der Waals surface area contributed by atoms with Crippen molar-refractivity contribution in [3.63, 3.8) is 0 Å². The van der Waals surface area contributed by atoms with Gasteiger partial charge in [0.1, 0.15) is 0 Å². The van der Waals surface area contributed by atoms with Gasteiger partial charge in [0.15, 0.2) is 0 Å². The van der Waals surface area contributed by atoms with E-state index in [1.165, 1.54) is 34.6 Å². The van der Waals surface area contributed by atoms with Gasteiger partial charge in [-0.3, -0.25) is 4.79 Å². The minimum atomic E-state index is -4.60. The molecule has 5 nitrogen and oxygen atoms in total. The lowest BCUT2D eigenvalue weighted by atomic mass is 9.98.